The first kappa shape index (κ1) is 21.3. The summed E-state index contributed by atoms with van der Waals surface area (Å²) in [5.74, 6) is 1.70. The second-order valence-corrected chi connectivity index (χ2v) is 8.64. The minimum absolute atomic E-state index is 0.556. The lowest BCUT2D eigenvalue weighted by Crippen LogP contribution is -2.00. The molecule has 1 heterocycles. The molecule has 0 atom stereocenters. The van der Waals surface area contributed by atoms with E-state index in [2.05, 4.69) is 43.3 Å². The normalized spacial score (nSPS) is 10.9. The van der Waals surface area contributed by atoms with Crippen LogP contribution in [0.4, 0.5) is 0 Å². The minimum atomic E-state index is 0.556. The summed E-state index contributed by atoms with van der Waals surface area (Å²) in [6, 6.07) is 31.7. The third-order valence-corrected chi connectivity index (χ3v) is 5.80. The molecular formula is C28H19Cl2N3. The third-order valence-electron chi connectivity index (χ3n) is 5.33. The first-order valence-corrected chi connectivity index (χ1v) is 11.3. The number of nitrogens with zero attached hydrogens (tertiary/aromatic N) is 3. The second kappa shape index (κ2) is 9.14. The van der Waals surface area contributed by atoms with Crippen molar-refractivity contribution < 1.29 is 0 Å². The highest BCUT2D eigenvalue weighted by Gasteiger charge is 2.13. The van der Waals surface area contributed by atoms with Crippen LogP contribution in [0, 0.1) is 6.92 Å². The molecule has 0 fully saturated rings. The highest BCUT2D eigenvalue weighted by atomic mass is 35.5. The molecule has 160 valence electrons. The Hall–Kier alpha value is -3.53. The molecular weight excluding hydrogens is 449 g/mol. The fourth-order valence-corrected chi connectivity index (χ4v) is 3.96. The van der Waals surface area contributed by atoms with E-state index in [9.17, 15) is 0 Å². The maximum Gasteiger partial charge on any atom is 0.164 e. The molecule has 5 aromatic rings. The summed E-state index contributed by atoms with van der Waals surface area (Å²) >= 11 is 12.5. The lowest BCUT2D eigenvalue weighted by molar-refractivity contribution is 1.07. The van der Waals surface area contributed by atoms with Gasteiger partial charge in [-0.1, -0.05) is 102 Å². The molecule has 3 nitrogen and oxygen atoms in total. The predicted molar refractivity (Wildman–Crippen MR) is 136 cm³/mol. The first-order valence-electron chi connectivity index (χ1n) is 10.5. The Balaban J connectivity index is 1.61. The summed E-state index contributed by atoms with van der Waals surface area (Å²) in [6.07, 6.45) is 0. The van der Waals surface area contributed by atoms with Gasteiger partial charge in [0.25, 0.3) is 0 Å². The summed E-state index contributed by atoms with van der Waals surface area (Å²) in [5.41, 5.74) is 6.10. The number of rotatable bonds is 4. The van der Waals surface area contributed by atoms with Crippen molar-refractivity contribution in [2.75, 3.05) is 0 Å². The van der Waals surface area contributed by atoms with E-state index in [0.29, 0.717) is 27.5 Å². The Kier molecular flexibility index (Phi) is 5.91. The Morgan fingerprint density at radius 1 is 0.455 bits per heavy atom. The van der Waals surface area contributed by atoms with Gasteiger partial charge in [-0.25, -0.2) is 15.0 Å². The molecule has 5 heteroatoms. The van der Waals surface area contributed by atoms with Crippen LogP contribution in [0.1, 0.15) is 5.56 Å². The number of aromatic nitrogens is 3. The van der Waals surface area contributed by atoms with Crippen molar-refractivity contribution in [2.45, 2.75) is 6.92 Å². The van der Waals surface area contributed by atoms with Crippen molar-refractivity contribution in [3.63, 3.8) is 0 Å². The number of hydrogen-bond acceptors (Lipinski definition) is 3. The van der Waals surface area contributed by atoms with E-state index >= 15 is 0 Å². The molecule has 0 saturated carbocycles. The van der Waals surface area contributed by atoms with Crippen LogP contribution in [-0.4, -0.2) is 15.0 Å². The SMILES string of the molecule is Cc1ccc(-c2ccc(-c3nc(-c4cccc(Cl)c4)nc(-c4cccc(Cl)c4)n3)cc2)cc1. The standard InChI is InChI=1S/C28H19Cl2N3/c1-18-8-10-19(11-9-18)20-12-14-21(15-13-20)26-31-27(22-4-2-6-24(29)16-22)33-28(32-26)23-5-3-7-25(30)17-23/h2-17H,1H3. The molecule has 0 aliphatic rings. The van der Waals surface area contributed by atoms with Crippen molar-refractivity contribution in [1.29, 1.82) is 0 Å². The zero-order valence-electron chi connectivity index (χ0n) is 17.8. The number of hydrogen-bond donors (Lipinski definition) is 0. The first-order chi connectivity index (χ1) is 16.0. The van der Waals surface area contributed by atoms with Crippen LogP contribution >= 0.6 is 23.2 Å². The Morgan fingerprint density at radius 2 is 0.848 bits per heavy atom. The quantitative estimate of drug-likeness (QED) is 0.267. The molecule has 4 aromatic carbocycles. The monoisotopic (exact) mass is 467 g/mol. The number of halogens is 2. The van der Waals surface area contributed by atoms with E-state index in [0.717, 1.165) is 22.3 Å². The molecule has 0 radical (unpaired) electrons. The zero-order valence-corrected chi connectivity index (χ0v) is 19.3. The van der Waals surface area contributed by atoms with Gasteiger partial charge in [-0.3, -0.25) is 0 Å². The maximum absolute atomic E-state index is 6.23. The number of aryl methyl sites for hydroxylation is 1. The van der Waals surface area contributed by atoms with Crippen LogP contribution in [0.15, 0.2) is 97.1 Å². The summed E-state index contributed by atoms with van der Waals surface area (Å²) in [5, 5.41) is 1.25. The van der Waals surface area contributed by atoms with Crippen molar-refractivity contribution in [2.24, 2.45) is 0 Å². The molecule has 0 unspecified atom stereocenters. The van der Waals surface area contributed by atoms with E-state index in [1.165, 1.54) is 11.1 Å². The van der Waals surface area contributed by atoms with E-state index in [4.69, 9.17) is 38.2 Å². The molecule has 5 rings (SSSR count). The van der Waals surface area contributed by atoms with E-state index < -0.39 is 0 Å². The van der Waals surface area contributed by atoms with E-state index in [1.807, 2.05) is 60.7 Å². The second-order valence-electron chi connectivity index (χ2n) is 7.77. The summed E-state index contributed by atoms with van der Waals surface area (Å²) < 4.78 is 0. The van der Waals surface area contributed by atoms with Gasteiger partial charge in [-0.15, -0.1) is 0 Å². The molecule has 0 aliphatic carbocycles. The average molecular weight is 468 g/mol. The highest BCUT2D eigenvalue weighted by molar-refractivity contribution is 6.31. The predicted octanol–water partition coefficient (Wildman–Crippen LogP) is 8.15. The van der Waals surface area contributed by atoms with Crippen LogP contribution in [0.5, 0.6) is 0 Å². The van der Waals surface area contributed by atoms with Gasteiger partial charge >= 0.3 is 0 Å². The van der Waals surface area contributed by atoms with Crippen LogP contribution < -0.4 is 0 Å². The molecule has 0 bridgehead atoms. The minimum Gasteiger partial charge on any atom is -0.208 e. The van der Waals surface area contributed by atoms with Crippen molar-refractivity contribution >= 4 is 23.2 Å². The van der Waals surface area contributed by atoms with Gasteiger partial charge in [0.15, 0.2) is 17.5 Å². The van der Waals surface area contributed by atoms with Crippen LogP contribution in [-0.2, 0) is 0 Å². The number of benzene rings is 4. The van der Waals surface area contributed by atoms with Gasteiger partial charge in [0.1, 0.15) is 0 Å². The molecule has 33 heavy (non-hydrogen) atoms. The smallest absolute Gasteiger partial charge is 0.164 e. The average Bonchev–Trinajstić information content (AvgIpc) is 2.84. The summed E-state index contributed by atoms with van der Waals surface area (Å²) in [7, 11) is 0. The van der Waals surface area contributed by atoms with Gasteiger partial charge < -0.3 is 0 Å². The molecule has 0 amide bonds. The fourth-order valence-electron chi connectivity index (χ4n) is 3.58. The van der Waals surface area contributed by atoms with Crippen LogP contribution in [0.3, 0.4) is 0 Å². The molecule has 1 aromatic heterocycles. The van der Waals surface area contributed by atoms with Crippen LogP contribution in [0.25, 0.3) is 45.3 Å². The van der Waals surface area contributed by atoms with Gasteiger partial charge in [-0.05, 0) is 42.3 Å². The largest absolute Gasteiger partial charge is 0.208 e. The third kappa shape index (κ3) is 4.80. The van der Waals surface area contributed by atoms with Gasteiger partial charge in [-0.2, -0.15) is 0 Å². The Bertz CT molecular complexity index is 1370. The summed E-state index contributed by atoms with van der Waals surface area (Å²) in [6.45, 7) is 2.09. The Labute approximate surface area is 202 Å². The zero-order chi connectivity index (χ0) is 22.8. The van der Waals surface area contributed by atoms with Crippen LogP contribution in [0.2, 0.25) is 10.0 Å². The lowest BCUT2D eigenvalue weighted by atomic mass is 10.0. The van der Waals surface area contributed by atoms with Crippen molar-refractivity contribution in [3.8, 4) is 45.3 Å². The molecule has 0 aliphatic heterocycles. The molecule has 0 N–H and O–H groups in total. The van der Waals surface area contributed by atoms with E-state index in [1.54, 1.807) is 0 Å². The topological polar surface area (TPSA) is 38.7 Å². The Morgan fingerprint density at radius 3 is 1.30 bits per heavy atom. The molecule has 0 saturated heterocycles. The molecule has 0 spiro atoms. The lowest BCUT2D eigenvalue weighted by Gasteiger charge is -2.09. The fraction of sp³-hybridized carbons (Fsp3) is 0.0357. The summed E-state index contributed by atoms with van der Waals surface area (Å²) in [4.78, 5) is 14.2. The van der Waals surface area contributed by atoms with Gasteiger partial charge in [0, 0.05) is 26.7 Å². The van der Waals surface area contributed by atoms with Crippen molar-refractivity contribution in [3.05, 3.63) is 113 Å². The maximum atomic E-state index is 6.23. The van der Waals surface area contributed by atoms with Gasteiger partial charge in [0.05, 0.1) is 0 Å². The highest BCUT2D eigenvalue weighted by Crippen LogP contribution is 2.28. The van der Waals surface area contributed by atoms with Gasteiger partial charge in [0.2, 0.25) is 0 Å². The van der Waals surface area contributed by atoms with E-state index in [-0.39, 0.29) is 0 Å². The van der Waals surface area contributed by atoms with Crippen molar-refractivity contribution in [1.82, 2.24) is 15.0 Å².